The van der Waals surface area contributed by atoms with Gasteiger partial charge in [0.25, 0.3) is 0 Å². The van der Waals surface area contributed by atoms with Crippen molar-refractivity contribution >= 4 is 34.9 Å². The highest BCUT2D eigenvalue weighted by molar-refractivity contribution is 7.80. The van der Waals surface area contributed by atoms with E-state index in [-0.39, 0.29) is 10.8 Å². The van der Waals surface area contributed by atoms with Crippen molar-refractivity contribution in [3.05, 3.63) is 41.9 Å². The van der Waals surface area contributed by atoms with Gasteiger partial charge in [-0.3, -0.25) is 4.79 Å². The number of halogens is 1. The average molecular weight is 443 g/mol. The Bertz CT molecular complexity index is 838. The van der Waals surface area contributed by atoms with Crippen LogP contribution < -0.4 is 16.0 Å². The molecule has 5 atom stereocenters. The van der Waals surface area contributed by atoms with Gasteiger partial charge in [-0.15, -0.1) is 0 Å². The molecule has 1 aliphatic heterocycles. The van der Waals surface area contributed by atoms with E-state index in [1.54, 1.807) is 6.07 Å². The number of aliphatic hydroxyl groups is 3. The fourth-order valence-electron chi connectivity index (χ4n) is 2.87. The van der Waals surface area contributed by atoms with Gasteiger partial charge < -0.3 is 41.1 Å². The minimum atomic E-state index is -1.74. The van der Waals surface area contributed by atoms with E-state index in [1.165, 1.54) is 25.1 Å². The Morgan fingerprint density at radius 1 is 1.27 bits per heavy atom. The van der Waals surface area contributed by atoms with Crippen LogP contribution in [-0.2, 0) is 14.3 Å². The Kier molecular flexibility index (Phi) is 8.06. The third-order valence-corrected chi connectivity index (χ3v) is 4.47. The number of para-hydroxylation sites is 1. The van der Waals surface area contributed by atoms with Gasteiger partial charge in [-0.05, 0) is 30.4 Å². The first-order chi connectivity index (χ1) is 14.1. The number of carbonyl (C=O) groups excluding carboxylic acids is 1. The number of thiocarbonyl (C=S) groups is 1. The van der Waals surface area contributed by atoms with Crippen LogP contribution >= 0.6 is 12.2 Å². The quantitative estimate of drug-likeness (QED) is 0.262. The molecule has 0 saturated heterocycles. The normalized spacial score (nSPS) is 22.7. The van der Waals surface area contributed by atoms with E-state index in [2.05, 4.69) is 16.0 Å². The number of benzene rings is 1. The summed E-state index contributed by atoms with van der Waals surface area (Å²) in [6, 6.07) is 3.59. The van der Waals surface area contributed by atoms with E-state index in [9.17, 15) is 29.3 Å². The lowest BCUT2D eigenvalue weighted by atomic mass is 9.92. The van der Waals surface area contributed by atoms with Crippen LogP contribution in [0.15, 0.2) is 36.1 Å². The summed E-state index contributed by atoms with van der Waals surface area (Å²) in [6.45, 7) is 0.362. The number of nitrogens with one attached hydrogen (secondary N) is 3. The van der Waals surface area contributed by atoms with Crippen LogP contribution in [0.2, 0.25) is 0 Å². The van der Waals surface area contributed by atoms with E-state index in [4.69, 9.17) is 22.1 Å². The summed E-state index contributed by atoms with van der Waals surface area (Å²) in [4.78, 5) is 23.1. The number of carbonyl (C=O) groups is 2. The van der Waals surface area contributed by atoms with Gasteiger partial charge in [0.05, 0.1) is 24.4 Å². The molecule has 0 radical (unpaired) electrons. The number of carboxylic acid groups (broad SMARTS) is 1. The van der Waals surface area contributed by atoms with Crippen LogP contribution in [0.25, 0.3) is 0 Å². The maximum atomic E-state index is 13.8. The molecule has 1 aromatic rings. The zero-order chi connectivity index (χ0) is 22.4. The molecule has 0 spiro atoms. The van der Waals surface area contributed by atoms with Gasteiger partial charge in [-0.2, -0.15) is 0 Å². The van der Waals surface area contributed by atoms with E-state index in [0.717, 1.165) is 6.08 Å². The number of rotatable bonds is 7. The largest absolute Gasteiger partial charge is 0.478 e. The number of carboxylic acids is 1. The third kappa shape index (κ3) is 5.86. The third-order valence-electron chi connectivity index (χ3n) is 4.25. The topological polar surface area (TPSA) is 160 Å². The standard InChI is InChI=1S/C18H22FN3O7S/c1-8(24)20-14-11(22-18(30)21-10-5-3-2-4-9(10)19)6-13(17(27)28)29-16(14)15(26)12(25)7-23/h2-6,11-12,14-16,23,25-26H,7H2,1H3,(H,20,24)(H,27,28)(H2,21,22,30)/t11-,12+,14+,15+,16+/m0/s1. The predicted molar refractivity (Wildman–Crippen MR) is 107 cm³/mol. The Labute approximate surface area is 176 Å². The van der Waals surface area contributed by atoms with Crippen molar-refractivity contribution in [3.8, 4) is 0 Å². The van der Waals surface area contributed by atoms with Crippen LogP contribution in [0, 0.1) is 5.82 Å². The summed E-state index contributed by atoms with van der Waals surface area (Å²) in [5.41, 5.74) is 0.0628. The van der Waals surface area contributed by atoms with Crippen LogP contribution in [0.3, 0.4) is 0 Å². The van der Waals surface area contributed by atoms with E-state index in [0.29, 0.717) is 0 Å². The first kappa shape index (κ1) is 23.5. The first-order valence-electron chi connectivity index (χ1n) is 8.82. The summed E-state index contributed by atoms with van der Waals surface area (Å²) in [6.07, 6.45) is -3.73. The number of amides is 1. The highest BCUT2D eigenvalue weighted by Crippen LogP contribution is 2.23. The monoisotopic (exact) mass is 443 g/mol. The van der Waals surface area contributed by atoms with Gasteiger partial charge >= 0.3 is 5.97 Å². The van der Waals surface area contributed by atoms with E-state index >= 15 is 0 Å². The molecule has 7 N–H and O–H groups in total. The van der Waals surface area contributed by atoms with Gasteiger partial charge in [-0.1, -0.05) is 12.1 Å². The van der Waals surface area contributed by atoms with Gasteiger partial charge in [-0.25, -0.2) is 9.18 Å². The number of ether oxygens (including phenoxy) is 1. The number of hydrogen-bond donors (Lipinski definition) is 7. The van der Waals surface area contributed by atoms with Gasteiger partial charge in [0.1, 0.15) is 24.1 Å². The van der Waals surface area contributed by atoms with E-state index in [1.807, 2.05) is 0 Å². The molecule has 1 aliphatic rings. The fourth-order valence-corrected chi connectivity index (χ4v) is 3.12. The van der Waals surface area contributed by atoms with Crippen molar-refractivity contribution in [1.29, 1.82) is 0 Å². The number of hydrogen-bond acceptors (Lipinski definition) is 7. The summed E-state index contributed by atoms with van der Waals surface area (Å²) < 4.78 is 19.1. The molecule has 1 amide bonds. The Hall–Kier alpha value is -2.80. The predicted octanol–water partition coefficient (Wildman–Crippen LogP) is -0.933. The second kappa shape index (κ2) is 10.3. The molecule has 0 aromatic heterocycles. The molecule has 2 rings (SSSR count). The average Bonchev–Trinajstić information content (AvgIpc) is 2.69. The molecule has 164 valence electrons. The molecule has 0 bridgehead atoms. The zero-order valence-electron chi connectivity index (χ0n) is 15.8. The fraction of sp³-hybridized carbons (Fsp3) is 0.389. The maximum absolute atomic E-state index is 13.8. The molecule has 10 nitrogen and oxygen atoms in total. The van der Waals surface area contributed by atoms with Gasteiger partial charge in [0.2, 0.25) is 11.7 Å². The van der Waals surface area contributed by atoms with Crippen molar-refractivity contribution in [3.63, 3.8) is 0 Å². The van der Waals surface area contributed by atoms with E-state index < -0.39 is 60.5 Å². The lowest BCUT2D eigenvalue weighted by molar-refractivity contribution is -0.146. The highest BCUT2D eigenvalue weighted by Gasteiger charge is 2.43. The molecule has 30 heavy (non-hydrogen) atoms. The minimum absolute atomic E-state index is 0.0628. The molecule has 1 aromatic carbocycles. The van der Waals surface area contributed by atoms with Crippen LogP contribution in [0.1, 0.15) is 6.92 Å². The van der Waals surface area contributed by atoms with Crippen molar-refractivity contribution in [2.45, 2.75) is 37.3 Å². The van der Waals surface area contributed by atoms with Crippen molar-refractivity contribution in [1.82, 2.24) is 10.6 Å². The van der Waals surface area contributed by atoms with Crippen LogP contribution in [-0.4, -0.2) is 74.4 Å². The van der Waals surface area contributed by atoms with Gasteiger partial charge in [0, 0.05) is 6.92 Å². The van der Waals surface area contributed by atoms with Crippen molar-refractivity contribution in [2.75, 3.05) is 11.9 Å². The summed E-state index contributed by atoms with van der Waals surface area (Å²) in [7, 11) is 0. The molecule has 0 unspecified atom stereocenters. The number of anilines is 1. The van der Waals surface area contributed by atoms with Crippen LogP contribution in [0.5, 0.6) is 0 Å². The molecule has 0 saturated carbocycles. The van der Waals surface area contributed by atoms with Crippen molar-refractivity contribution < 1.29 is 39.1 Å². The SMILES string of the molecule is CC(=O)N[C@H]1[C@H]([C@H](O)[C@H](O)CO)OC(C(=O)O)=C[C@@H]1NC(=S)Nc1ccccc1F. The molecule has 0 fully saturated rings. The maximum Gasteiger partial charge on any atom is 0.370 e. The number of aliphatic hydroxyl groups excluding tert-OH is 3. The van der Waals surface area contributed by atoms with Gasteiger partial charge in [0.15, 0.2) is 5.11 Å². The summed E-state index contributed by atoms with van der Waals surface area (Å²) in [5, 5.41) is 46.3. The zero-order valence-corrected chi connectivity index (χ0v) is 16.6. The smallest absolute Gasteiger partial charge is 0.370 e. The molecular weight excluding hydrogens is 421 g/mol. The highest BCUT2D eigenvalue weighted by atomic mass is 32.1. The Morgan fingerprint density at radius 3 is 2.50 bits per heavy atom. The molecule has 12 heteroatoms. The van der Waals surface area contributed by atoms with Crippen LogP contribution in [0.4, 0.5) is 10.1 Å². The Morgan fingerprint density at radius 2 is 1.93 bits per heavy atom. The minimum Gasteiger partial charge on any atom is -0.478 e. The lowest BCUT2D eigenvalue weighted by Gasteiger charge is -2.40. The second-order valence-corrected chi connectivity index (χ2v) is 6.90. The number of aliphatic carboxylic acids is 1. The molecular formula is C18H22FN3O7S. The summed E-state index contributed by atoms with van der Waals surface area (Å²) in [5.74, 6) is -3.15. The summed E-state index contributed by atoms with van der Waals surface area (Å²) >= 11 is 5.16. The second-order valence-electron chi connectivity index (χ2n) is 6.49. The Balaban J connectivity index is 2.32. The molecule has 1 heterocycles. The first-order valence-corrected chi connectivity index (χ1v) is 9.22. The van der Waals surface area contributed by atoms with Crippen molar-refractivity contribution in [2.24, 2.45) is 0 Å². The lowest BCUT2D eigenvalue weighted by Crippen LogP contribution is -2.63. The molecule has 0 aliphatic carbocycles.